The molecule has 0 radical (unpaired) electrons. The van der Waals surface area contributed by atoms with E-state index in [2.05, 4.69) is 47.8 Å². The van der Waals surface area contributed by atoms with Gasteiger partial charge < -0.3 is 15.2 Å². The zero-order valence-corrected chi connectivity index (χ0v) is 17.9. The summed E-state index contributed by atoms with van der Waals surface area (Å²) in [6, 6.07) is 24.1. The number of ether oxygens (including phenoxy) is 1. The Morgan fingerprint density at radius 2 is 1.65 bits per heavy atom. The van der Waals surface area contributed by atoms with Crippen LogP contribution in [0.3, 0.4) is 0 Å². The topological polar surface area (TPSA) is 58.6 Å². The van der Waals surface area contributed by atoms with Crippen molar-refractivity contribution in [1.29, 1.82) is 0 Å². The fraction of sp³-hybridized carbons (Fsp3) is 0.296. The van der Waals surface area contributed by atoms with Gasteiger partial charge in [-0.25, -0.2) is 0 Å². The molecule has 0 aliphatic heterocycles. The molecule has 3 aromatic carbocycles. The highest BCUT2D eigenvalue weighted by molar-refractivity contribution is 5.92. The highest BCUT2D eigenvalue weighted by Crippen LogP contribution is 2.44. The van der Waals surface area contributed by atoms with Crippen molar-refractivity contribution >= 4 is 11.6 Å². The van der Waals surface area contributed by atoms with Crippen LogP contribution in [0.2, 0.25) is 0 Å². The number of anilines is 1. The van der Waals surface area contributed by atoms with E-state index in [1.54, 1.807) is 18.2 Å². The Morgan fingerprint density at radius 3 is 2.39 bits per heavy atom. The summed E-state index contributed by atoms with van der Waals surface area (Å²) in [4.78, 5) is 12.6. The van der Waals surface area contributed by atoms with Crippen molar-refractivity contribution < 1.29 is 14.6 Å². The maximum atomic E-state index is 12.6. The van der Waals surface area contributed by atoms with E-state index in [0.29, 0.717) is 17.6 Å². The van der Waals surface area contributed by atoms with Gasteiger partial charge in [0, 0.05) is 5.69 Å². The second-order valence-electron chi connectivity index (χ2n) is 8.26. The maximum Gasteiger partial charge on any atom is 0.228 e. The predicted octanol–water partition coefficient (Wildman–Crippen LogP) is 6.02. The smallest absolute Gasteiger partial charge is 0.228 e. The minimum atomic E-state index is -0.0897. The van der Waals surface area contributed by atoms with E-state index in [1.165, 1.54) is 43.9 Å². The molecule has 0 saturated heterocycles. The number of aromatic hydroxyl groups is 1. The molecule has 1 saturated carbocycles. The molecule has 1 fully saturated rings. The van der Waals surface area contributed by atoms with Gasteiger partial charge in [0.05, 0.1) is 13.5 Å². The number of phenols is 1. The fourth-order valence-electron chi connectivity index (χ4n) is 4.70. The summed E-state index contributed by atoms with van der Waals surface area (Å²) >= 11 is 0. The molecule has 0 heterocycles. The quantitative estimate of drug-likeness (QED) is 0.517. The van der Waals surface area contributed by atoms with Gasteiger partial charge in [-0.2, -0.15) is 0 Å². The van der Waals surface area contributed by atoms with Crippen LogP contribution in [-0.4, -0.2) is 18.1 Å². The lowest BCUT2D eigenvalue weighted by molar-refractivity contribution is -0.115. The summed E-state index contributed by atoms with van der Waals surface area (Å²) in [5.41, 5.74) is 4.31. The Labute approximate surface area is 183 Å². The first kappa shape index (κ1) is 21.0. The van der Waals surface area contributed by atoms with Crippen molar-refractivity contribution in [2.24, 2.45) is 0 Å². The van der Waals surface area contributed by atoms with Gasteiger partial charge in [-0.15, -0.1) is 0 Å². The number of phenolic OH excluding ortho intramolecular Hbond substituents is 1. The SMILES string of the molecule is COc1cc(CC(=O)Nc2cccc(C3CCCCC3c3ccccc3)c2)ccc1O. The van der Waals surface area contributed by atoms with Gasteiger partial charge in [-0.1, -0.05) is 61.4 Å². The first-order valence-electron chi connectivity index (χ1n) is 10.9. The summed E-state index contributed by atoms with van der Waals surface area (Å²) in [7, 11) is 1.50. The van der Waals surface area contributed by atoms with Crippen LogP contribution in [0.5, 0.6) is 11.5 Å². The van der Waals surface area contributed by atoms with Crippen molar-refractivity contribution in [3.8, 4) is 11.5 Å². The number of carbonyl (C=O) groups is 1. The van der Waals surface area contributed by atoms with Crippen LogP contribution >= 0.6 is 0 Å². The van der Waals surface area contributed by atoms with Gasteiger partial charge in [0.1, 0.15) is 0 Å². The molecule has 0 spiro atoms. The zero-order chi connectivity index (χ0) is 21.6. The van der Waals surface area contributed by atoms with Crippen LogP contribution < -0.4 is 10.1 Å². The molecule has 4 heteroatoms. The normalized spacial score (nSPS) is 18.4. The van der Waals surface area contributed by atoms with Gasteiger partial charge in [0.15, 0.2) is 11.5 Å². The standard InChI is InChI=1S/C27H29NO3/c1-31-26-16-19(14-15-25(26)29)17-27(30)28-22-11-7-10-21(18-22)24-13-6-5-12-23(24)20-8-3-2-4-9-20/h2-4,7-11,14-16,18,23-24,29H,5-6,12-13,17H2,1H3,(H,28,30). The van der Waals surface area contributed by atoms with Crippen LogP contribution in [0.1, 0.15) is 54.2 Å². The van der Waals surface area contributed by atoms with Crippen LogP contribution in [-0.2, 0) is 11.2 Å². The Bertz CT molecular complexity index is 1030. The van der Waals surface area contributed by atoms with Crippen molar-refractivity contribution in [3.05, 3.63) is 89.5 Å². The Balaban J connectivity index is 1.48. The number of amides is 1. The van der Waals surface area contributed by atoms with E-state index >= 15 is 0 Å². The average molecular weight is 416 g/mol. The van der Waals surface area contributed by atoms with E-state index in [4.69, 9.17) is 4.74 Å². The highest BCUT2D eigenvalue weighted by atomic mass is 16.5. The molecule has 3 aromatic rings. The molecule has 4 nitrogen and oxygen atoms in total. The zero-order valence-electron chi connectivity index (χ0n) is 17.9. The van der Waals surface area contributed by atoms with E-state index in [-0.39, 0.29) is 18.1 Å². The monoisotopic (exact) mass is 415 g/mol. The number of carbonyl (C=O) groups excluding carboxylic acids is 1. The van der Waals surface area contributed by atoms with Crippen molar-refractivity contribution in [3.63, 3.8) is 0 Å². The maximum absolute atomic E-state index is 12.6. The summed E-state index contributed by atoms with van der Waals surface area (Å²) < 4.78 is 5.13. The van der Waals surface area contributed by atoms with E-state index in [0.717, 1.165) is 11.3 Å². The van der Waals surface area contributed by atoms with Crippen LogP contribution in [0.15, 0.2) is 72.8 Å². The molecular weight excluding hydrogens is 386 g/mol. The van der Waals surface area contributed by atoms with Crippen LogP contribution in [0.25, 0.3) is 0 Å². The molecule has 2 unspecified atom stereocenters. The summed E-state index contributed by atoms with van der Waals surface area (Å²) in [5.74, 6) is 1.34. The van der Waals surface area contributed by atoms with Crippen LogP contribution in [0, 0.1) is 0 Å². The third-order valence-electron chi connectivity index (χ3n) is 6.20. The molecule has 4 rings (SSSR count). The first-order valence-corrected chi connectivity index (χ1v) is 10.9. The first-order chi connectivity index (χ1) is 15.1. The van der Waals surface area contributed by atoms with Gasteiger partial charge in [0.25, 0.3) is 0 Å². The summed E-state index contributed by atoms with van der Waals surface area (Å²) in [6.45, 7) is 0. The average Bonchev–Trinajstić information content (AvgIpc) is 2.81. The number of methoxy groups -OCH3 is 1. The third-order valence-corrected chi connectivity index (χ3v) is 6.20. The van der Waals surface area contributed by atoms with Crippen LogP contribution in [0.4, 0.5) is 5.69 Å². The van der Waals surface area contributed by atoms with Crippen molar-refractivity contribution in [2.75, 3.05) is 12.4 Å². The summed E-state index contributed by atoms with van der Waals surface area (Å²) in [5, 5.41) is 12.8. The molecular formula is C27H29NO3. The largest absolute Gasteiger partial charge is 0.504 e. The lowest BCUT2D eigenvalue weighted by atomic mass is 9.72. The lowest BCUT2D eigenvalue weighted by Gasteiger charge is -2.32. The Morgan fingerprint density at radius 1 is 0.935 bits per heavy atom. The Hall–Kier alpha value is -3.27. The van der Waals surface area contributed by atoms with Crippen molar-refractivity contribution in [1.82, 2.24) is 0 Å². The fourth-order valence-corrected chi connectivity index (χ4v) is 4.70. The highest BCUT2D eigenvalue weighted by Gasteiger charge is 2.27. The van der Waals surface area contributed by atoms with E-state index < -0.39 is 0 Å². The van der Waals surface area contributed by atoms with Gasteiger partial charge in [-0.3, -0.25) is 4.79 Å². The second-order valence-corrected chi connectivity index (χ2v) is 8.26. The predicted molar refractivity (Wildman–Crippen MR) is 124 cm³/mol. The molecule has 0 aromatic heterocycles. The number of hydrogen-bond donors (Lipinski definition) is 2. The molecule has 31 heavy (non-hydrogen) atoms. The van der Waals surface area contributed by atoms with Gasteiger partial charge >= 0.3 is 0 Å². The lowest BCUT2D eigenvalue weighted by Crippen LogP contribution is -2.17. The minimum Gasteiger partial charge on any atom is -0.504 e. The van der Waals surface area contributed by atoms with E-state index in [9.17, 15) is 9.90 Å². The van der Waals surface area contributed by atoms with E-state index in [1.807, 2.05) is 12.1 Å². The molecule has 1 aliphatic carbocycles. The molecule has 2 N–H and O–H groups in total. The number of nitrogens with one attached hydrogen (secondary N) is 1. The number of rotatable bonds is 6. The minimum absolute atomic E-state index is 0.0693. The molecule has 160 valence electrons. The van der Waals surface area contributed by atoms with Gasteiger partial charge in [0.2, 0.25) is 5.91 Å². The van der Waals surface area contributed by atoms with Gasteiger partial charge in [-0.05, 0) is 65.6 Å². The number of benzene rings is 3. The molecule has 1 aliphatic rings. The second kappa shape index (κ2) is 9.69. The number of hydrogen-bond acceptors (Lipinski definition) is 3. The molecule has 1 amide bonds. The molecule has 2 atom stereocenters. The van der Waals surface area contributed by atoms with Crippen molar-refractivity contribution in [2.45, 2.75) is 43.9 Å². The third kappa shape index (κ3) is 5.08. The molecule has 0 bridgehead atoms. The Kier molecular flexibility index (Phi) is 6.56. The summed E-state index contributed by atoms with van der Waals surface area (Å²) in [6.07, 6.45) is 5.10.